The summed E-state index contributed by atoms with van der Waals surface area (Å²) in [5, 5.41) is 0. The van der Waals surface area contributed by atoms with Gasteiger partial charge < -0.3 is 14.4 Å². The van der Waals surface area contributed by atoms with Gasteiger partial charge in [0, 0.05) is 24.2 Å². The first-order chi connectivity index (χ1) is 16.4. The number of carbonyl (C=O) groups is 4. The van der Waals surface area contributed by atoms with Crippen molar-refractivity contribution in [1.29, 1.82) is 0 Å². The molecule has 3 aromatic carbocycles. The Bertz CT molecular complexity index is 1200. The molecular weight excluding hydrogens is 434 g/mol. The number of aryl methyl sites for hydroxylation is 1. The Labute approximate surface area is 196 Å². The third-order valence-corrected chi connectivity index (χ3v) is 5.55. The van der Waals surface area contributed by atoms with Crippen molar-refractivity contribution in [3.8, 4) is 5.75 Å². The second kappa shape index (κ2) is 10.1. The summed E-state index contributed by atoms with van der Waals surface area (Å²) in [4.78, 5) is 50.9. The Morgan fingerprint density at radius 3 is 2.21 bits per heavy atom. The maximum absolute atomic E-state index is 12.4. The van der Waals surface area contributed by atoms with Crippen molar-refractivity contribution in [2.24, 2.45) is 5.92 Å². The highest BCUT2D eigenvalue weighted by molar-refractivity contribution is 6.01. The average molecular weight is 457 g/mol. The maximum atomic E-state index is 12.4. The Hall–Kier alpha value is -4.26. The molecule has 3 aromatic rings. The van der Waals surface area contributed by atoms with Crippen LogP contribution in [0.5, 0.6) is 5.75 Å². The van der Waals surface area contributed by atoms with Crippen molar-refractivity contribution in [3.63, 3.8) is 0 Å². The van der Waals surface area contributed by atoms with Crippen molar-refractivity contribution in [2.45, 2.75) is 13.3 Å². The zero-order chi connectivity index (χ0) is 24.1. The number of benzene rings is 3. The minimum Gasteiger partial charge on any atom is -0.457 e. The minimum absolute atomic E-state index is 0.0446. The number of amides is 1. The van der Waals surface area contributed by atoms with E-state index < -0.39 is 30.2 Å². The maximum Gasteiger partial charge on any atom is 0.343 e. The Morgan fingerprint density at radius 1 is 0.882 bits per heavy atom. The first-order valence-electron chi connectivity index (χ1n) is 10.8. The van der Waals surface area contributed by atoms with Crippen LogP contribution in [0.1, 0.15) is 32.7 Å². The first kappa shape index (κ1) is 22.9. The van der Waals surface area contributed by atoms with E-state index in [1.54, 1.807) is 29.2 Å². The van der Waals surface area contributed by atoms with Gasteiger partial charge in [0.1, 0.15) is 5.75 Å². The summed E-state index contributed by atoms with van der Waals surface area (Å²) in [5.41, 5.74) is 2.50. The molecule has 1 heterocycles. The van der Waals surface area contributed by atoms with Crippen LogP contribution >= 0.6 is 0 Å². The van der Waals surface area contributed by atoms with Gasteiger partial charge in [0.25, 0.3) is 0 Å². The van der Waals surface area contributed by atoms with Crippen LogP contribution in [0.25, 0.3) is 0 Å². The average Bonchev–Trinajstić information content (AvgIpc) is 3.25. The van der Waals surface area contributed by atoms with E-state index in [2.05, 4.69) is 0 Å². The van der Waals surface area contributed by atoms with Gasteiger partial charge in [-0.05, 0) is 55.5 Å². The van der Waals surface area contributed by atoms with Crippen LogP contribution in [-0.4, -0.2) is 36.8 Å². The van der Waals surface area contributed by atoms with Gasteiger partial charge in [0.05, 0.1) is 11.5 Å². The fourth-order valence-electron chi connectivity index (χ4n) is 3.63. The lowest BCUT2D eigenvalue weighted by atomic mass is 10.1. The molecule has 1 saturated heterocycles. The van der Waals surface area contributed by atoms with Crippen LogP contribution < -0.4 is 9.64 Å². The normalized spacial score (nSPS) is 15.1. The smallest absolute Gasteiger partial charge is 0.343 e. The summed E-state index contributed by atoms with van der Waals surface area (Å²) in [7, 11) is 0. The molecule has 34 heavy (non-hydrogen) atoms. The predicted molar refractivity (Wildman–Crippen MR) is 125 cm³/mol. The second-order valence-corrected chi connectivity index (χ2v) is 8.05. The van der Waals surface area contributed by atoms with Crippen molar-refractivity contribution >= 4 is 29.3 Å². The van der Waals surface area contributed by atoms with E-state index in [1.807, 2.05) is 37.3 Å². The molecule has 0 spiro atoms. The molecular formula is C27H23NO6. The number of nitrogens with zero attached hydrogens (tertiary/aromatic N) is 1. The lowest BCUT2D eigenvalue weighted by Gasteiger charge is -2.16. The summed E-state index contributed by atoms with van der Waals surface area (Å²) in [6.07, 6.45) is 0.0446. The largest absolute Gasteiger partial charge is 0.457 e. The van der Waals surface area contributed by atoms with Crippen molar-refractivity contribution in [3.05, 3.63) is 95.6 Å². The Morgan fingerprint density at radius 2 is 1.53 bits per heavy atom. The quantitative estimate of drug-likeness (QED) is 0.303. The number of anilines is 1. The fraction of sp³-hybridized carbons (Fsp3) is 0.185. The number of Topliss-reactive ketones (excluding diaryl/α,β-unsaturated/α-hetero) is 1. The molecule has 1 amide bonds. The van der Waals surface area contributed by atoms with Gasteiger partial charge in [-0.3, -0.25) is 14.4 Å². The number of esters is 2. The topological polar surface area (TPSA) is 90.0 Å². The molecule has 0 bridgehead atoms. The number of carbonyl (C=O) groups excluding carboxylic acids is 4. The summed E-state index contributed by atoms with van der Waals surface area (Å²) in [5.74, 6) is -1.95. The van der Waals surface area contributed by atoms with Gasteiger partial charge in [0.2, 0.25) is 5.91 Å². The molecule has 4 rings (SSSR count). The monoisotopic (exact) mass is 457 g/mol. The highest BCUT2D eigenvalue weighted by atomic mass is 16.5. The Kier molecular flexibility index (Phi) is 6.82. The van der Waals surface area contributed by atoms with Crippen LogP contribution in [0.15, 0.2) is 78.9 Å². The van der Waals surface area contributed by atoms with Gasteiger partial charge in [0.15, 0.2) is 12.4 Å². The number of rotatable bonds is 7. The molecule has 1 unspecified atom stereocenters. The molecule has 0 aromatic heterocycles. The number of para-hydroxylation sites is 1. The van der Waals surface area contributed by atoms with Crippen LogP contribution in [-0.2, 0) is 14.3 Å². The van der Waals surface area contributed by atoms with E-state index in [0.717, 1.165) is 11.3 Å². The van der Waals surface area contributed by atoms with Gasteiger partial charge >= 0.3 is 11.9 Å². The predicted octanol–water partition coefficient (Wildman–Crippen LogP) is 3.99. The highest BCUT2D eigenvalue weighted by Gasteiger charge is 2.36. The van der Waals surface area contributed by atoms with Gasteiger partial charge in [-0.25, -0.2) is 4.79 Å². The molecule has 0 radical (unpaired) electrons. The van der Waals surface area contributed by atoms with Crippen LogP contribution in [0.3, 0.4) is 0 Å². The molecule has 0 N–H and O–H groups in total. The van der Waals surface area contributed by atoms with E-state index in [0.29, 0.717) is 16.9 Å². The van der Waals surface area contributed by atoms with E-state index in [1.165, 1.54) is 24.3 Å². The number of hydrogen-bond acceptors (Lipinski definition) is 6. The number of ketones is 1. The second-order valence-electron chi connectivity index (χ2n) is 8.05. The van der Waals surface area contributed by atoms with Crippen LogP contribution in [0.4, 0.5) is 5.69 Å². The minimum atomic E-state index is -0.621. The lowest BCUT2D eigenvalue weighted by molar-refractivity contribution is -0.147. The van der Waals surface area contributed by atoms with Crippen molar-refractivity contribution in [2.75, 3.05) is 18.1 Å². The first-order valence-corrected chi connectivity index (χ1v) is 10.8. The molecule has 0 aliphatic carbocycles. The van der Waals surface area contributed by atoms with Crippen molar-refractivity contribution < 1.29 is 28.7 Å². The molecule has 1 atom stereocenters. The van der Waals surface area contributed by atoms with E-state index in [9.17, 15) is 19.2 Å². The summed E-state index contributed by atoms with van der Waals surface area (Å²) in [6.45, 7) is 1.71. The highest BCUT2D eigenvalue weighted by Crippen LogP contribution is 2.25. The van der Waals surface area contributed by atoms with Crippen LogP contribution in [0.2, 0.25) is 0 Å². The van der Waals surface area contributed by atoms with E-state index in [4.69, 9.17) is 9.47 Å². The van der Waals surface area contributed by atoms with Crippen LogP contribution in [0, 0.1) is 12.8 Å². The molecule has 1 aliphatic heterocycles. The summed E-state index contributed by atoms with van der Waals surface area (Å²) < 4.78 is 10.5. The number of ether oxygens (including phenoxy) is 2. The van der Waals surface area contributed by atoms with E-state index >= 15 is 0 Å². The van der Waals surface area contributed by atoms with Gasteiger partial charge in [-0.2, -0.15) is 0 Å². The van der Waals surface area contributed by atoms with Gasteiger partial charge in [-0.1, -0.05) is 35.9 Å². The third-order valence-electron chi connectivity index (χ3n) is 5.55. The molecule has 1 aliphatic rings. The van der Waals surface area contributed by atoms with Gasteiger partial charge in [-0.15, -0.1) is 0 Å². The molecule has 1 fully saturated rings. The zero-order valence-electron chi connectivity index (χ0n) is 18.6. The Balaban J connectivity index is 1.28. The molecule has 0 saturated carbocycles. The zero-order valence-corrected chi connectivity index (χ0v) is 18.6. The SMILES string of the molecule is Cc1ccc(C(=O)Oc2ccc(C(=O)COC(=O)C3CC(=O)N(c4ccccc4)C3)cc2)cc1. The third kappa shape index (κ3) is 5.38. The molecule has 7 nitrogen and oxygen atoms in total. The van der Waals surface area contributed by atoms with Crippen molar-refractivity contribution in [1.82, 2.24) is 0 Å². The molecule has 172 valence electrons. The summed E-state index contributed by atoms with van der Waals surface area (Å²) in [6, 6.07) is 22.1. The molecule has 7 heteroatoms. The standard InChI is InChI=1S/C27H23NO6/c1-18-7-9-20(10-8-18)27(32)34-23-13-11-19(12-14-23)24(29)17-33-26(31)21-15-25(30)28(16-21)22-5-3-2-4-6-22/h2-14,21H,15-17H2,1H3. The number of hydrogen-bond donors (Lipinski definition) is 0. The summed E-state index contributed by atoms with van der Waals surface area (Å²) >= 11 is 0. The van der Waals surface area contributed by atoms with E-state index in [-0.39, 0.29) is 18.9 Å². The lowest BCUT2D eigenvalue weighted by Crippen LogP contribution is -2.27. The fourth-order valence-corrected chi connectivity index (χ4v) is 3.63.